The molecule has 0 aromatic heterocycles. The summed E-state index contributed by atoms with van der Waals surface area (Å²) in [6.45, 7) is 2.22. The van der Waals surface area contributed by atoms with Crippen molar-refractivity contribution in [1.29, 1.82) is 0 Å². The van der Waals surface area contributed by atoms with Gasteiger partial charge in [0.05, 0.1) is 7.11 Å². The van der Waals surface area contributed by atoms with Gasteiger partial charge in [0.15, 0.2) is 0 Å². The van der Waals surface area contributed by atoms with Crippen LogP contribution in [0.25, 0.3) is 0 Å². The zero-order chi connectivity index (χ0) is 13.8. The Kier molecular flexibility index (Phi) is 5.03. The molecule has 3 heteroatoms. The van der Waals surface area contributed by atoms with E-state index < -0.39 is 0 Å². The first-order chi connectivity index (χ1) is 9.13. The van der Waals surface area contributed by atoms with Crippen LogP contribution in [0.5, 0.6) is 5.75 Å². The fraction of sp³-hybridized carbons (Fsp3) is 0.562. The lowest BCUT2D eigenvalue weighted by Crippen LogP contribution is -2.14. The van der Waals surface area contributed by atoms with Gasteiger partial charge in [0.2, 0.25) is 0 Å². The third-order valence-corrected chi connectivity index (χ3v) is 4.67. The van der Waals surface area contributed by atoms with Crippen molar-refractivity contribution in [3.63, 3.8) is 0 Å². The van der Waals surface area contributed by atoms with Gasteiger partial charge < -0.3 is 4.74 Å². The van der Waals surface area contributed by atoms with Crippen LogP contribution in [0, 0.1) is 11.8 Å². The van der Waals surface area contributed by atoms with Gasteiger partial charge in [0, 0.05) is 22.4 Å². The van der Waals surface area contributed by atoms with Crippen molar-refractivity contribution in [2.24, 2.45) is 11.8 Å². The SMILES string of the molecule is CCC1CCC(C(=O)Cc2cc(Br)ccc2OC)C1. The van der Waals surface area contributed by atoms with Gasteiger partial charge in [-0.05, 0) is 43.4 Å². The summed E-state index contributed by atoms with van der Waals surface area (Å²) in [4.78, 5) is 12.4. The number of hydrogen-bond donors (Lipinski definition) is 0. The summed E-state index contributed by atoms with van der Waals surface area (Å²) in [5.41, 5.74) is 0.988. The Morgan fingerprint density at radius 1 is 1.42 bits per heavy atom. The van der Waals surface area contributed by atoms with E-state index in [2.05, 4.69) is 22.9 Å². The van der Waals surface area contributed by atoms with E-state index in [9.17, 15) is 4.79 Å². The van der Waals surface area contributed by atoms with Crippen molar-refractivity contribution < 1.29 is 9.53 Å². The van der Waals surface area contributed by atoms with Crippen molar-refractivity contribution >= 4 is 21.7 Å². The van der Waals surface area contributed by atoms with Gasteiger partial charge in [-0.15, -0.1) is 0 Å². The van der Waals surface area contributed by atoms with Crippen LogP contribution in [0.3, 0.4) is 0 Å². The highest BCUT2D eigenvalue weighted by Crippen LogP contribution is 2.34. The minimum atomic E-state index is 0.258. The Balaban J connectivity index is 2.05. The third-order valence-electron chi connectivity index (χ3n) is 4.18. The maximum atomic E-state index is 12.4. The predicted molar refractivity (Wildman–Crippen MR) is 80.5 cm³/mol. The molecule has 0 radical (unpaired) electrons. The second kappa shape index (κ2) is 6.56. The van der Waals surface area contributed by atoms with Gasteiger partial charge in [0.25, 0.3) is 0 Å². The summed E-state index contributed by atoms with van der Waals surface area (Å²) in [7, 11) is 1.65. The summed E-state index contributed by atoms with van der Waals surface area (Å²) < 4.78 is 6.33. The molecular weight excluding hydrogens is 304 g/mol. The van der Waals surface area contributed by atoms with E-state index in [0.717, 1.165) is 34.5 Å². The van der Waals surface area contributed by atoms with Gasteiger partial charge in [-0.1, -0.05) is 29.3 Å². The second-order valence-electron chi connectivity index (χ2n) is 5.38. The Morgan fingerprint density at radius 3 is 2.84 bits per heavy atom. The van der Waals surface area contributed by atoms with Crippen LogP contribution in [0.15, 0.2) is 22.7 Å². The number of carbonyl (C=O) groups is 1. The average molecular weight is 325 g/mol. The van der Waals surface area contributed by atoms with Crippen LogP contribution in [-0.4, -0.2) is 12.9 Å². The van der Waals surface area contributed by atoms with E-state index in [1.807, 2.05) is 18.2 Å². The molecule has 2 unspecified atom stereocenters. The van der Waals surface area contributed by atoms with E-state index in [1.54, 1.807) is 7.11 Å². The first kappa shape index (κ1) is 14.6. The van der Waals surface area contributed by atoms with Crippen LogP contribution in [-0.2, 0) is 11.2 Å². The standard InChI is InChI=1S/C16H21BrO2/c1-3-11-4-5-12(8-11)15(18)10-13-9-14(17)6-7-16(13)19-2/h6-7,9,11-12H,3-5,8,10H2,1-2H3. The molecule has 0 aliphatic heterocycles. The number of ether oxygens (including phenoxy) is 1. The number of hydrogen-bond acceptors (Lipinski definition) is 2. The summed E-state index contributed by atoms with van der Waals surface area (Å²) >= 11 is 3.45. The molecule has 2 nitrogen and oxygen atoms in total. The fourth-order valence-corrected chi connectivity index (χ4v) is 3.36. The summed E-state index contributed by atoms with van der Waals surface area (Å²) in [5.74, 6) is 2.18. The topological polar surface area (TPSA) is 26.3 Å². The van der Waals surface area contributed by atoms with Crippen molar-refractivity contribution in [1.82, 2.24) is 0 Å². The number of methoxy groups -OCH3 is 1. The molecular formula is C16H21BrO2. The fourth-order valence-electron chi connectivity index (χ4n) is 2.96. The smallest absolute Gasteiger partial charge is 0.140 e. The number of benzene rings is 1. The summed E-state index contributed by atoms with van der Waals surface area (Å²) in [5, 5.41) is 0. The lowest BCUT2D eigenvalue weighted by Gasteiger charge is -2.12. The molecule has 19 heavy (non-hydrogen) atoms. The highest BCUT2D eigenvalue weighted by molar-refractivity contribution is 9.10. The molecule has 0 spiro atoms. The van der Waals surface area contributed by atoms with Gasteiger partial charge in [-0.2, -0.15) is 0 Å². The number of Topliss-reactive ketones (excluding diaryl/α,β-unsaturated/α-hetero) is 1. The molecule has 2 atom stereocenters. The number of rotatable bonds is 5. The lowest BCUT2D eigenvalue weighted by molar-refractivity contribution is -0.122. The van der Waals surface area contributed by atoms with E-state index in [0.29, 0.717) is 12.2 Å². The molecule has 0 amide bonds. The highest BCUT2D eigenvalue weighted by atomic mass is 79.9. The molecule has 104 valence electrons. The molecule has 0 heterocycles. The maximum Gasteiger partial charge on any atom is 0.140 e. The van der Waals surface area contributed by atoms with Crippen LogP contribution < -0.4 is 4.74 Å². The molecule has 1 aromatic carbocycles. The first-order valence-corrected chi connectivity index (χ1v) is 7.78. The molecule has 2 rings (SSSR count). The zero-order valence-electron chi connectivity index (χ0n) is 11.6. The number of ketones is 1. The third kappa shape index (κ3) is 3.59. The number of halogens is 1. The Hall–Kier alpha value is -0.830. The Morgan fingerprint density at radius 2 is 2.21 bits per heavy atom. The normalized spacial score (nSPS) is 22.5. The molecule has 0 N–H and O–H groups in total. The van der Waals surface area contributed by atoms with Gasteiger partial charge in [-0.3, -0.25) is 4.79 Å². The van der Waals surface area contributed by atoms with Crippen molar-refractivity contribution in [2.75, 3.05) is 7.11 Å². The highest BCUT2D eigenvalue weighted by Gasteiger charge is 2.29. The maximum absolute atomic E-state index is 12.4. The van der Waals surface area contributed by atoms with Gasteiger partial charge in [-0.25, -0.2) is 0 Å². The molecule has 1 aromatic rings. The molecule has 0 bridgehead atoms. The van der Waals surface area contributed by atoms with E-state index in [4.69, 9.17) is 4.74 Å². The molecule has 0 saturated heterocycles. The van der Waals surface area contributed by atoms with Crippen LogP contribution in [0.2, 0.25) is 0 Å². The molecule has 1 fully saturated rings. The van der Waals surface area contributed by atoms with Gasteiger partial charge in [0.1, 0.15) is 11.5 Å². The van der Waals surface area contributed by atoms with Crippen LogP contribution in [0.1, 0.15) is 38.2 Å². The summed E-state index contributed by atoms with van der Waals surface area (Å²) in [6.07, 6.45) is 5.04. The van der Waals surface area contributed by atoms with Crippen LogP contribution >= 0.6 is 15.9 Å². The van der Waals surface area contributed by atoms with Crippen LogP contribution in [0.4, 0.5) is 0 Å². The molecule has 1 aliphatic rings. The quantitative estimate of drug-likeness (QED) is 0.802. The minimum Gasteiger partial charge on any atom is -0.496 e. The number of carbonyl (C=O) groups excluding carboxylic acids is 1. The second-order valence-corrected chi connectivity index (χ2v) is 6.30. The first-order valence-electron chi connectivity index (χ1n) is 6.99. The Bertz CT molecular complexity index is 456. The van der Waals surface area contributed by atoms with Crippen molar-refractivity contribution in [3.8, 4) is 5.75 Å². The van der Waals surface area contributed by atoms with E-state index in [-0.39, 0.29) is 5.92 Å². The van der Waals surface area contributed by atoms with Gasteiger partial charge >= 0.3 is 0 Å². The minimum absolute atomic E-state index is 0.258. The van der Waals surface area contributed by atoms with Crippen molar-refractivity contribution in [2.45, 2.75) is 39.0 Å². The molecule has 1 aliphatic carbocycles. The largest absolute Gasteiger partial charge is 0.496 e. The average Bonchev–Trinajstić information content (AvgIpc) is 2.88. The zero-order valence-corrected chi connectivity index (χ0v) is 13.2. The monoisotopic (exact) mass is 324 g/mol. The van der Waals surface area contributed by atoms with E-state index >= 15 is 0 Å². The Labute approximate surface area is 123 Å². The van der Waals surface area contributed by atoms with E-state index in [1.165, 1.54) is 12.8 Å². The lowest BCUT2D eigenvalue weighted by atomic mass is 9.94. The summed E-state index contributed by atoms with van der Waals surface area (Å²) in [6, 6.07) is 5.84. The van der Waals surface area contributed by atoms with Crippen molar-refractivity contribution in [3.05, 3.63) is 28.2 Å². The predicted octanol–water partition coefficient (Wildman–Crippen LogP) is 4.40. The molecule has 1 saturated carbocycles.